The van der Waals surface area contributed by atoms with Gasteiger partial charge in [0.2, 0.25) is 12.3 Å². The molecule has 1 aliphatic heterocycles. The number of hydrogen-bond acceptors (Lipinski definition) is 8. The van der Waals surface area contributed by atoms with Crippen molar-refractivity contribution in [2.24, 2.45) is 11.3 Å². The largest absolute Gasteiger partial charge is 0.477 e. The molecule has 2 fully saturated rings. The summed E-state index contributed by atoms with van der Waals surface area (Å²) in [6, 6.07) is 21.8. The number of aryl methyl sites for hydroxylation is 1. The van der Waals surface area contributed by atoms with E-state index >= 15 is 0 Å². The molecule has 3 aromatic heterocycles. The summed E-state index contributed by atoms with van der Waals surface area (Å²) in [5.74, 6) is 3.18. The second-order valence-corrected chi connectivity index (χ2v) is 14.6. The Morgan fingerprint density at radius 2 is 1.86 bits per heavy atom. The zero-order chi connectivity index (χ0) is 34.6. The summed E-state index contributed by atoms with van der Waals surface area (Å²) in [4.78, 5) is 22.8. The molecule has 0 bridgehead atoms. The van der Waals surface area contributed by atoms with E-state index in [1.165, 1.54) is 17.5 Å². The number of ether oxygens (including phenoxy) is 1. The number of alkyl halides is 3. The van der Waals surface area contributed by atoms with Crippen LogP contribution in [0.1, 0.15) is 63.0 Å². The van der Waals surface area contributed by atoms with Gasteiger partial charge in [-0.15, -0.1) is 5.10 Å². The third kappa shape index (κ3) is 8.14. The molecule has 2 unspecified atom stereocenters. The maximum absolute atomic E-state index is 13.3. The normalized spacial score (nSPS) is 18.6. The van der Waals surface area contributed by atoms with Crippen molar-refractivity contribution in [3.05, 3.63) is 84.1 Å². The molecule has 1 aromatic carbocycles. The third-order valence-corrected chi connectivity index (χ3v) is 10.4. The number of nitrogens with zero attached hydrogens (tertiary/aromatic N) is 5. The van der Waals surface area contributed by atoms with Crippen LogP contribution in [0.2, 0.25) is 0 Å². The van der Waals surface area contributed by atoms with Crippen molar-refractivity contribution in [3.63, 3.8) is 0 Å². The van der Waals surface area contributed by atoms with Crippen molar-refractivity contribution in [2.75, 3.05) is 29.9 Å². The molecule has 6 rings (SSSR count). The highest BCUT2D eigenvalue weighted by Crippen LogP contribution is 2.59. The maximum Gasteiger partial charge on any atom is 0.394 e. The third-order valence-electron chi connectivity index (χ3n) is 9.71. The molecule has 0 radical (unpaired) electrons. The van der Waals surface area contributed by atoms with E-state index in [-0.39, 0.29) is 43.2 Å². The number of halogens is 3. The Hall–Kier alpha value is -4.26. The number of amides is 1. The van der Waals surface area contributed by atoms with Gasteiger partial charge >= 0.3 is 6.18 Å². The van der Waals surface area contributed by atoms with Crippen LogP contribution in [-0.4, -0.2) is 57.6 Å². The lowest BCUT2D eigenvalue weighted by Gasteiger charge is -2.33. The van der Waals surface area contributed by atoms with E-state index < -0.39 is 11.6 Å². The van der Waals surface area contributed by atoms with Gasteiger partial charge in [0.1, 0.15) is 16.7 Å². The molecule has 4 heterocycles. The molecular formula is C36H42F3N7O2S. The van der Waals surface area contributed by atoms with Crippen molar-refractivity contribution in [1.82, 2.24) is 24.5 Å². The van der Waals surface area contributed by atoms with Crippen molar-refractivity contribution in [3.8, 4) is 11.7 Å². The van der Waals surface area contributed by atoms with Crippen LogP contribution in [-0.2, 0) is 4.79 Å². The van der Waals surface area contributed by atoms with Gasteiger partial charge in [0, 0.05) is 48.8 Å². The molecular weight excluding hydrogens is 652 g/mol. The summed E-state index contributed by atoms with van der Waals surface area (Å²) in [5.41, 5.74) is 0.569. The Kier molecular flexibility index (Phi) is 10.1. The Labute approximate surface area is 289 Å². The number of nitrogens with one attached hydrogen (secondary N) is 2. The quantitative estimate of drug-likeness (QED) is 0.0965. The lowest BCUT2D eigenvalue weighted by molar-refractivity contribution is -0.190. The van der Waals surface area contributed by atoms with Crippen molar-refractivity contribution in [2.45, 2.75) is 75.5 Å². The van der Waals surface area contributed by atoms with Gasteiger partial charge < -0.3 is 15.0 Å². The molecule has 0 spiro atoms. The average molecular weight is 694 g/mol. The van der Waals surface area contributed by atoms with Gasteiger partial charge in [0.15, 0.2) is 5.82 Å². The molecule has 2 atom stereocenters. The first-order valence-corrected chi connectivity index (χ1v) is 17.4. The number of rotatable bonds is 15. The van der Waals surface area contributed by atoms with Crippen LogP contribution in [0.25, 0.3) is 5.82 Å². The molecule has 9 nitrogen and oxygen atoms in total. The van der Waals surface area contributed by atoms with Crippen LogP contribution in [0, 0.1) is 18.3 Å². The molecule has 260 valence electrons. The molecule has 2 aliphatic rings. The minimum Gasteiger partial charge on any atom is -0.477 e. The summed E-state index contributed by atoms with van der Waals surface area (Å²) in [5, 5.41) is 8.70. The van der Waals surface area contributed by atoms with Gasteiger partial charge in [-0.2, -0.15) is 13.2 Å². The summed E-state index contributed by atoms with van der Waals surface area (Å²) in [7, 11) is 0. The smallest absolute Gasteiger partial charge is 0.394 e. The zero-order valence-electron chi connectivity index (χ0n) is 27.9. The lowest BCUT2D eigenvalue weighted by Crippen LogP contribution is -2.39. The summed E-state index contributed by atoms with van der Waals surface area (Å²) in [6.07, 6.45) is 0.383. The monoisotopic (exact) mass is 693 g/mol. The van der Waals surface area contributed by atoms with Crippen molar-refractivity contribution < 1.29 is 22.7 Å². The van der Waals surface area contributed by atoms with Gasteiger partial charge in [0.05, 0.1) is 12.0 Å². The van der Waals surface area contributed by atoms with Crippen molar-refractivity contribution >= 4 is 30.0 Å². The van der Waals surface area contributed by atoms with Crippen LogP contribution >= 0.6 is 11.9 Å². The zero-order valence-corrected chi connectivity index (χ0v) is 28.7. The van der Waals surface area contributed by atoms with E-state index in [9.17, 15) is 18.0 Å². The molecule has 49 heavy (non-hydrogen) atoms. The Balaban J connectivity index is 1.13. The van der Waals surface area contributed by atoms with Crippen LogP contribution in [0.4, 0.5) is 24.8 Å². The Morgan fingerprint density at radius 3 is 2.59 bits per heavy atom. The maximum atomic E-state index is 13.3. The topological polar surface area (TPSA) is 97.2 Å². The van der Waals surface area contributed by atoms with Gasteiger partial charge in [0.25, 0.3) is 0 Å². The number of carbonyl (C=O) groups is 1. The van der Waals surface area contributed by atoms with E-state index in [1.54, 1.807) is 16.9 Å². The molecule has 1 saturated heterocycles. The first kappa shape index (κ1) is 34.6. The van der Waals surface area contributed by atoms with Gasteiger partial charge in [-0.3, -0.25) is 9.52 Å². The van der Waals surface area contributed by atoms with Crippen LogP contribution in [0.3, 0.4) is 0 Å². The molecule has 1 aliphatic carbocycles. The summed E-state index contributed by atoms with van der Waals surface area (Å²) in [6.45, 7) is 8.07. The van der Waals surface area contributed by atoms with Gasteiger partial charge in [-0.25, -0.2) is 14.6 Å². The standard InChI is InChI=1S/C36H42F3N7O2S/c1-25-12-13-30(46-18-14-31(44-46)48-19-17-35(15-16-35)36(37,38)39)43-33(25)45-23-26(21-34(45,2)3)20-28(27-8-5-4-6-9-27)22-40-29-10-7-11-32(42-29)49-41-24-47/h4-14,18,24,26,28H,15-17,19-23H2,1-3H3,(H,40,42)(H,41,47). The number of benzene rings is 1. The van der Waals surface area contributed by atoms with Crippen molar-refractivity contribution in [1.29, 1.82) is 0 Å². The number of hydrogen-bond donors (Lipinski definition) is 2. The first-order valence-electron chi connectivity index (χ1n) is 16.6. The number of aromatic nitrogens is 4. The Bertz CT molecular complexity index is 1730. The van der Waals surface area contributed by atoms with E-state index in [1.807, 2.05) is 36.4 Å². The minimum atomic E-state index is -4.19. The highest BCUT2D eigenvalue weighted by molar-refractivity contribution is 7.97. The van der Waals surface area contributed by atoms with E-state index in [4.69, 9.17) is 9.72 Å². The van der Waals surface area contributed by atoms with Crippen LogP contribution < -0.4 is 19.7 Å². The fourth-order valence-electron chi connectivity index (χ4n) is 6.86. The van der Waals surface area contributed by atoms with E-state index in [0.29, 0.717) is 29.7 Å². The molecule has 1 saturated carbocycles. The molecule has 4 aromatic rings. The van der Waals surface area contributed by atoms with E-state index in [0.717, 1.165) is 36.6 Å². The predicted octanol–water partition coefficient (Wildman–Crippen LogP) is 7.73. The molecule has 1 amide bonds. The highest BCUT2D eigenvalue weighted by Gasteiger charge is 2.62. The lowest BCUT2D eigenvalue weighted by atomic mass is 9.85. The van der Waals surface area contributed by atoms with Crippen LogP contribution in [0.15, 0.2) is 78.0 Å². The molecule has 2 N–H and O–H groups in total. The number of pyridine rings is 2. The second-order valence-electron chi connectivity index (χ2n) is 13.7. The number of carbonyl (C=O) groups excluding carboxylic acids is 1. The fourth-order valence-corrected chi connectivity index (χ4v) is 7.32. The second kappa shape index (κ2) is 14.3. The molecule has 13 heteroatoms. The number of anilines is 2. The average Bonchev–Trinajstić information content (AvgIpc) is 3.64. The van der Waals surface area contributed by atoms with E-state index in [2.05, 4.69) is 70.1 Å². The minimum absolute atomic E-state index is 0.0349. The SMILES string of the molecule is Cc1ccc(-n2ccc(OCCC3(C(F)(F)F)CC3)n2)nc1N1CC(CC(CNc2cccc(SNC=O)n2)c2ccccc2)CC1(C)C. The summed E-state index contributed by atoms with van der Waals surface area (Å²) < 4.78 is 49.7. The van der Waals surface area contributed by atoms with Gasteiger partial charge in [-0.05, 0) is 88.1 Å². The summed E-state index contributed by atoms with van der Waals surface area (Å²) >= 11 is 1.17. The van der Waals surface area contributed by atoms with Gasteiger partial charge in [-0.1, -0.05) is 42.5 Å². The Morgan fingerprint density at radius 1 is 1.06 bits per heavy atom. The highest BCUT2D eigenvalue weighted by atomic mass is 32.2. The fraction of sp³-hybridized carbons (Fsp3) is 0.444. The van der Waals surface area contributed by atoms with Crippen LogP contribution in [0.5, 0.6) is 5.88 Å². The first-order chi connectivity index (χ1) is 23.5. The predicted molar refractivity (Wildman–Crippen MR) is 185 cm³/mol.